The maximum atomic E-state index is 11.7. The Hall–Kier alpha value is -2.21. The molecule has 3 N–H and O–H groups in total. The van der Waals surface area contributed by atoms with E-state index in [2.05, 4.69) is 28.1 Å². The molecule has 0 aliphatic heterocycles. The zero-order chi connectivity index (χ0) is 18.2. The molecule has 0 fully saturated rings. The summed E-state index contributed by atoms with van der Waals surface area (Å²) in [7, 11) is 0. The van der Waals surface area contributed by atoms with E-state index in [0.717, 1.165) is 50.6 Å². The molecular formula is C19H30N4O2. The van der Waals surface area contributed by atoms with E-state index in [4.69, 9.17) is 0 Å². The van der Waals surface area contributed by atoms with E-state index in [-0.39, 0.29) is 11.8 Å². The van der Waals surface area contributed by atoms with Gasteiger partial charge in [0.05, 0.1) is 0 Å². The second kappa shape index (κ2) is 14.2. The van der Waals surface area contributed by atoms with Gasteiger partial charge in [0.15, 0.2) is 0 Å². The summed E-state index contributed by atoms with van der Waals surface area (Å²) in [6.07, 6.45) is 13.3. The highest BCUT2D eigenvalue weighted by Crippen LogP contribution is 2.05. The van der Waals surface area contributed by atoms with Gasteiger partial charge in [-0.15, -0.1) is 0 Å². The van der Waals surface area contributed by atoms with Gasteiger partial charge in [0.1, 0.15) is 0 Å². The van der Waals surface area contributed by atoms with Crippen LogP contribution in [0.1, 0.15) is 57.4 Å². The monoisotopic (exact) mass is 346 g/mol. The van der Waals surface area contributed by atoms with Crippen LogP contribution in [0.15, 0.2) is 30.6 Å². The number of aromatic nitrogens is 1. The normalized spacial score (nSPS) is 10.8. The number of nitrogens with zero attached hydrogens (tertiary/aromatic N) is 1. The zero-order valence-electron chi connectivity index (χ0n) is 15.1. The highest BCUT2D eigenvalue weighted by atomic mass is 16.2. The second-order valence-corrected chi connectivity index (χ2v) is 5.90. The first-order chi connectivity index (χ1) is 12.2. The molecule has 0 saturated heterocycles. The van der Waals surface area contributed by atoms with Crippen molar-refractivity contribution >= 4 is 17.9 Å². The van der Waals surface area contributed by atoms with Crippen molar-refractivity contribution in [1.29, 1.82) is 0 Å². The van der Waals surface area contributed by atoms with E-state index in [1.54, 1.807) is 18.5 Å². The molecule has 138 valence electrons. The Morgan fingerprint density at radius 1 is 1.12 bits per heavy atom. The molecule has 1 aromatic rings. The molecule has 2 amide bonds. The number of pyridine rings is 1. The highest BCUT2D eigenvalue weighted by molar-refractivity contribution is 5.91. The maximum absolute atomic E-state index is 11.7. The van der Waals surface area contributed by atoms with Crippen LogP contribution in [-0.2, 0) is 9.59 Å². The fourth-order valence-electron chi connectivity index (χ4n) is 2.21. The van der Waals surface area contributed by atoms with Crippen LogP contribution in [0.25, 0.3) is 6.08 Å². The SMILES string of the molecule is CCCNNC(=O)CCCCCCCNC(=O)/C=C/c1cccnc1. The van der Waals surface area contributed by atoms with Crippen molar-refractivity contribution in [3.05, 3.63) is 36.2 Å². The number of carbonyl (C=O) groups is 2. The van der Waals surface area contributed by atoms with Crippen LogP contribution in [0.5, 0.6) is 0 Å². The van der Waals surface area contributed by atoms with Crippen molar-refractivity contribution in [3.8, 4) is 0 Å². The van der Waals surface area contributed by atoms with Crippen LogP contribution in [0.2, 0.25) is 0 Å². The minimum Gasteiger partial charge on any atom is -0.353 e. The molecule has 0 atom stereocenters. The number of nitrogens with one attached hydrogen (secondary N) is 3. The van der Waals surface area contributed by atoms with Crippen molar-refractivity contribution in [2.75, 3.05) is 13.1 Å². The zero-order valence-corrected chi connectivity index (χ0v) is 15.1. The predicted octanol–water partition coefficient (Wildman–Crippen LogP) is 2.58. The van der Waals surface area contributed by atoms with E-state index < -0.39 is 0 Å². The lowest BCUT2D eigenvalue weighted by Gasteiger charge is -2.06. The van der Waals surface area contributed by atoms with Gasteiger partial charge >= 0.3 is 0 Å². The van der Waals surface area contributed by atoms with E-state index in [9.17, 15) is 9.59 Å². The molecule has 6 heteroatoms. The van der Waals surface area contributed by atoms with Crippen molar-refractivity contribution in [2.24, 2.45) is 0 Å². The van der Waals surface area contributed by atoms with Crippen LogP contribution in [0, 0.1) is 0 Å². The van der Waals surface area contributed by atoms with Crippen molar-refractivity contribution < 1.29 is 9.59 Å². The minimum absolute atomic E-state index is 0.0566. The van der Waals surface area contributed by atoms with Gasteiger partial charge in [0.2, 0.25) is 11.8 Å². The molecule has 25 heavy (non-hydrogen) atoms. The first kappa shape index (κ1) is 20.8. The van der Waals surface area contributed by atoms with E-state index in [1.807, 2.05) is 12.1 Å². The summed E-state index contributed by atoms with van der Waals surface area (Å²) in [5, 5.41) is 2.87. The fraction of sp³-hybridized carbons (Fsp3) is 0.526. The molecule has 0 saturated carbocycles. The summed E-state index contributed by atoms with van der Waals surface area (Å²) in [6.45, 7) is 3.53. The van der Waals surface area contributed by atoms with Crippen LogP contribution >= 0.6 is 0 Å². The van der Waals surface area contributed by atoms with Crippen LogP contribution in [0.4, 0.5) is 0 Å². The van der Waals surface area contributed by atoms with Gasteiger partial charge in [-0.3, -0.25) is 20.0 Å². The average molecular weight is 346 g/mol. The molecule has 1 aromatic heterocycles. The fourth-order valence-corrected chi connectivity index (χ4v) is 2.21. The number of rotatable bonds is 13. The Labute approximate surface area is 150 Å². The second-order valence-electron chi connectivity index (χ2n) is 5.90. The predicted molar refractivity (Wildman–Crippen MR) is 100 cm³/mol. The van der Waals surface area contributed by atoms with E-state index in [0.29, 0.717) is 13.0 Å². The van der Waals surface area contributed by atoms with Crippen LogP contribution in [0.3, 0.4) is 0 Å². The molecule has 0 aliphatic rings. The number of hydrazine groups is 1. The number of hydrogen-bond acceptors (Lipinski definition) is 4. The standard InChI is InChI=1S/C19H30N4O2/c1-2-13-22-23-19(25)10-6-4-3-5-7-15-21-18(24)12-11-17-9-8-14-20-16-17/h8-9,11-12,14,16,22H,2-7,10,13,15H2,1H3,(H,21,24)(H,23,25)/b12-11+. The van der Waals surface area contributed by atoms with E-state index >= 15 is 0 Å². The Kier molecular flexibility index (Phi) is 11.8. The lowest BCUT2D eigenvalue weighted by molar-refractivity contribution is -0.122. The van der Waals surface area contributed by atoms with Gasteiger partial charge < -0.3 is 5.32 Å². The smallest absolute Gasteiger partial charge is 0.243 e. The van der Waals surface area contributed by atoms with E-state index in [1.165, 1.54) is 6.08 Å². The van der Waals surface area contributed by atoms with Gasteiger partial charge in [0, 0.05) is 38.0 Å². The molecule has 0 aliphatic carbocycles. The van der Waals surface area contributed by atoms with Gasteiger partial charge in [-0.25, -0.2) is 5.43 Å². The van der Waals surface area contributed by atoms with Gasteiger partial charge in [-0.1, -0.05) is 32.3 Å². The number of unbranched alkanes of at least 4 members (excludes halogenated alkanes) is 4. The van der Waals surface area contributed by atoms with Crippen LogP contribution < -0.4 is 16.2 Å². The largest absolute Gasteiger partial charge is 0.353 e. The summed E-state index contributed by atoms with van der Waals surface area (Å²) >= 11 is 0. The molecule has 0 radical (unpaired) electrons. The Morgan fingerprint density at radius 2 is 1.92 bits per heavy atom. The van der Waals surface area contributed by atoms with Crippen LogP contribution in [-0.4, -0.2) is 29.9 Å². The molecule has 0 spiro atoms. The summed E-state index contributed by atoms with van der Waals surface area (Å²) in [6, 6.07) is 3.74. The number of amides is 2. The Balaban J connectivity index is 1.94. The molecule has 1 heterocycles. The highest BCUT2D eigenvalue weighted by Gasteiger charge is 2.00. The molecule has 6 nitrogen and oxygen atoms in total. The summed E-state index contributed by atoms with van der Waals surface area (Å²) in [5.74, 6) is -0.0266. The van der Waals surface area contributed by atoms with Crippen molar-refractivity contribution in [1.82, 2.24) is 21.2 Å². The first-order valence-electron chi connectivity index (χ1n) is 9.10. The summed E-state index contributed by atoms with van der Waals surface area (Å²) in [5.41, 5.74) is 6.48. The average Bonchev–Trinajstić information content (AvgIpc) is 2.63. The Bertz CT molecular complexity index is 517. The van der Waals surface area contributed by atoms with Gasteiger partial charge in [-0.2, -0.15) is 0 Å². The lowest BCUT2D eigenvalue weighted by atomic mass is 10.1. The third-order valence-electron chi connectivity index (χ3n) is 3.59. The first-order valence-corrected chi connectivity index (χ1v) is 9.10. The number of hydrogen-bond donors (Lipinski definition) is 3. The topological polar surface area (TPSA) is 83.1 Å². The van der Waals surface area contributed by atoms with Crippen molar-refractivity contribution in [3.63, 3.8) is 0 Å². The third-order valence-corrected chi connectivity index (χ3v) is 3.59. The third kappa shape index (κ3) is 11.9. The molecular weight excluding hydrogens is 316 g/mol. The lowest BCUT2D eigenvalue weighted by Crippen LogP contribution is -2.37. The van der Waals surface area contributed by atoms with Gasteiger partial charge in [-0.05, 0) is 37.0 Å². The van der Waals surface area contributed by atoms with Gasteiger partial charge in [0.25, 0.3) is 0 Å². The number of carbonyl (C=O) groups excluding carboxylic acids is 2. The summed E-state index contributed by atoms with van der Waals surface area (Å²) in [4.78, 5) is 27.1. The molecule has 1 rings (SSSR count). The Morgan fingerprint density at radius 3 is 2.68 bits per heavy atom. The molecule has 0 unspecified atom stereocenters. The van der Waals surface area contributed by atoms with Crippen molar-refractivity contribution in [2.45, 2.75) is 51.9 Å². The maximum Gasteiger partial charge on any atom is 0.243 e. The quantitative estimate of drug-likeness (QED) is 0.291. The minimum atomic E-state index is -0.0832. The molecule has 0 aromatic carbocycles. The summed E-state index contributed by atoms with van der Waals surface area (Å²) < 4.78 is 0. The molecule has 0 bridgehead atoms.